The molecule has 3 rings (SSSR count). The Morgan fingerprint density at radius 1 is 1.11 bits per heavy atom. The van der Waals surface area contributed by atoms with Crippen molar-refractivity contribution in [3.05, 3.63) is 41.0 Å². The van der Waals surface area contributed by atoms with E-state index in [-0.39, 0.29) is 5.75 Å². The van der Waals surface area contributed by atoms with E-state index in [4.69, 9.17) is 0 Å². The summed E-state index contributed by atoms with van der Waals surface area (Å²) in [6.07, 6.45) is 1.61. The standard InChI is InChI=1S/C14H12N2OS2/c1-8-9(2)18-13-12(8)14(16-7-15-13)19-11-5-3-10(17)4-6-11/h3-7,17H,1-2H3. The van der Waals surface area contributed by atoms with Crippen molar-refractivity contribution in [2.75, 3.05) is 0 Å². The molecule has 19 heavy (non-hydrogen) atoms. The first-order valence-corrected chi connectivity index (χ1v) is 7.46. The van der Waals surface area contributed by atoms with Crippen LogP contribution in [0.25, 0.3) is 10.2 Å². The number of benzene rings is 1. The maximum absolute atomic E-state index is 9.31. The summed E-state index contributed by atoms with van der Waals surface area (Å²) in [7, 11) is 0. The molecule has 0 fully saturated rings. The Bertz CT molecular complexity index is 735. The summed E-state index contributed by atoms with van der Waals surface area (Å²) >= 11 is 3.30. The van der Waals surface area contributed by atoms with Gasteiger partial charge in [-0.3, -0.25) is 0 Å². The van der Waals surface area contributed by atoms with Gasteiger partial charge in [0.15, 0.2) is 0 Å². The lowest BCUT2D eigenvalue weighted by molar-refractivity contribution is 0.475. The number of phenols is 1. The number of aryl methyl sites for hydroxylation is 2. The summed E-state index contributed by atoms with van der Waals surface area (Å²) in [5.74, 6) is 0.278. The van der Waals surface area contributed by atoms with Gasteiger partial charge >= 0.3 is 0 Å². The molecular weight excluding hydrogens is 276 g/mol. The first-order chi connectivity index (χ1) is 9.15. The molecule has 0 atom stereocenters. The molecule has 0 spiro atoms. The van der Waals surface area contributed by atoms with Crippen LogP contribution in [-0.4, -0.2) is 15.1 Å². The van der Waals surface area contributed by atoms with Crippen molar-refractivity contribution in [3.63, 3.8) is 0 Å². The molecule has 2 aromatic heterocycles. The average molecular weight is 288 g/mol. The highest BCUT2D eigenvalue weighted by Crippen LogP contribution is 2.37. The average Bonchev–Trinajstić information content (AvgIpc) is 2.69. The predicted molar refractivity (Wildman–Crippen MR) is 79.1 cm³/mol. The van der Waals surface area contributed by atoms with E-state index in [0.717, 1.165) is 20.1 Å². The fourth-order valence-corrected chi connectivity index (χ4v) is 3.86. The van der Waals surface area contributed by atoms with Crippen LogP contribution < -0.4 is 0 Å². The molecule has 0 unspecified atom stereocenters. The Kier molecular flexibility index (Phi) is 3.16. The van der Waals surface area contributed by atoms with Gasteiger partial charge in [-0.05, 0) is 43.7 Å². The van der Waals surface area contributed by atoms with Crippen molar-refractivity contribution in [2.45, 2.75) is 23.8 Å². The molecule has 0 saturated heterocycles. The van der Waals surface area contributed by atoms with E-state index in [0.29, 0.717) is 0 Å². The van der Waals surface area contributed by atoms with Crippen molar-refractivity contribution in [1.82, 2.24) is 9.97 Å². The molecule has 3 aromatic rings. The molecule has 0 bridgehead atoms. The van der Waals surface area contributed by atoms with Crippen LogP contribution in [0, 0.1) is 13.8 Å². The molecule has 0 aliphatic carbocycles. The summed E-state index contributed by atoms with van der Waals surface area (Å²) in [5.41, 5.74) is 1.25. The highest BCUT2D eigenvalue weighted by atomic mass is 32.2. The van der Waals surface area contributed by atoms with Gasteiger partial charge in [0.1, 0.15) is 21.9 Å². The van der Waals surface area contributed by atoms with Gasteiger partial charge in [-0.25, -0.2) is 9.97 Å². The number of aromatic nitrogens is 2. The molecule has 0 amide bonds. The van der Waals surface area contributed by atoms with Gasteiger partial charge in [-0.15, -0.1) is 11.3 Å². The van der Waals surface area contributed by atoms with Gasteiger partial charge < -0.3 is 5.11 Å². The zero-order chi connectivity index (χ0) is 13.4. The van der Waals surface area contributed by atoms with E-state index in [1.807, 2.05) is 12.1 Å². The zero-order valence-electron chi connectivity index (χ0n) is 10.5. The third-order valence-corrected chi connectivity index (χ3v) is 5.11. The smallest absolute Gasteiger partial charge is 0.128 e. The summed E-state index contributed by atoms with van der Waals surface area (Å²) in [6.45, 7) is 4.22. The first-order valence-electron chi connectivity index (χ1n) is 5.83. The van der Waals surface area contributed by atoms with Gasteiger partial charge in [0, 0.05) is 15.2 Å². The fraction of sp³-hybridized carbons (Fsp3) is 0.143. The summed E-state index contributed by atoms with van der Waals surface area (Å²) in [6, 6.07) is 7.16. The largest absolute Gasteiger partial charge is 0.508 e. The monoisotopic (exact) mass is 288 g/mol. The highest BCUT2D eigenvalue weighted by molar-refractivity contribution is 7.99. The van der Waals surface area contributed by atoms with Crippen molar-refractivity contribution in [3.8, 4) is 5.75 Å². The third-order valence-electron chi connectivity index (χ3n) is 2.98. The lowest BCUT2D eigenvalue weighted by Gasteiger charge is -2.03. The fourth-order valence-electron chi connectivity index (χ4n) is 1.85. The van der Waals surface area contributed by atoms with E-state index < -0.39 is 0 Å². The number of aromatic hydroxyl groups is 1. The van der Waals surface area contributed by atoms with Gasteiger partial charge in [-0.1, -0.05) is 11.8 Å². The second kappa shape index (κ2) is 4.83. The van der Waals surface area contributed by atoms with E-state index in [1.165, 1.54) is 10.4 Å². The lowest BCUT2D eigenvalue weighted by Crippen LogP contribution is -1.85. The van der Waals surface area contributed by atoms with Crippen LogP contribution in [0.2, 0.25) is 0 Å². The number of thiophene rings is 1. The van der Waals surface area contributed by atoms with E-state index in [9.17, 15) is 5.11 Å². The van der Waals surface area contributed by atoms with E-state index >= 15 is 0 Å². The van der Waals surface area contributed by atoms with Crippen LogP contribution in [0.5, 0.6) is 5.75 Å². The minimum atomic E-state index is 0.278. The second-order valence-corrected chi connectivity index (χ2v) is 6.50. The first kappa shape index (κ1) is 12.4. The Morgan fingerprint density at radius 3 is 2.58 bits per heavy atom. The van der Waals surface area contributed by atoms with Crippen molar-refractivity contribution in [1.29, 1.82) is 0 Å². The number of fused-ring (bicyclic) bond motifs is 1. The Labute approximate surface area is 119 Å². The number of hydrogen-bond acceptors (Lipinski definition) is 5. The SMILES string of the molecule is Cc1sc2ncnc(Sc3ccc(O)cc3)c2c1C. The molecule has 2 heterocycles. The van der Waals surface area contributed by atoms with Crippen LogP contribution >= 0.6 is 23.1 Å². The minimum Gasteiger partial charge on any atom is -0.508 e. The molecule has 3 nitrogen and oxygen atoms in total. The van der Waals surface area contributed by atoms with Gasteiger partial charge in [0.2, 0.25) is 0 Å². The molecule has 0 saturated carbocycles. The van der Waals surface area contributed by atoms with E-state index in [1.54, 1.807) is 41.6 Å². The van der Waals surface area contributed by atoms with Crippen molar-refractivity contribution in [2.24, 2.45) is 0 Å². The Balaban J connectivity index is 2.07. The highest BCUT2D eigenvalue weighted by Gasteiger charge is 2.12. The van der Waals surface area contributed by atoms with Gasteiger partial charge in [0.25, 0.3) is 0 Å². The van der Waals surface area contributed by atoms with Gasteiger partial charge in [0.05, 0.1) is 0 Å². The zero-order valence-corrected chi connectivity index (χ0v) is 12.2. The number of nitrogens with zero attached hydrogens (tertiary/aromatic N) is 2. The van der Waals surface area contributed by atoms with Crippen LogP contribution in [0.15, 0.2) is 40.5 Å². The molecule has 0 radical (unpaired) electrons. The van der Waals surface area contributed by atoms with E-state index in [2.05, 4.69) is 23.8 Å². The second-order valence-electron chi connectivity index (χ2n) is 4.24. The molecule has 1 aromatic carbocycles. The molecule has 0 aliphatic rings. The molecule has 0 aliphatic heterocycles. The number of phenolic OH excluding ortho intramolecular Hbond substituents is 1. The molecule has 5 heteroatoms. The van der Waals surface area contributed by atoms with Crippen LogP contribution in [-0.2, 0) is 0 Å². The number of rotatable bonds is 2. The topological polar surface area (TPSA) is 46.0 Å². The van der Waals surface area contributed by atoms with Crippen LogP contribution in [0.4, 0.5) is 0 Å². The quantitative estimate of drug-likeness (QED) is 0.719. The Hall–Kier alpha value is -1.59. The summed E-state index contributed by atoms with van der Waals surface area (Å²) < 4.78 is 0. The molecule has 96 valence electrons. The maximum Gasteiger partial charge on any atom is 0.128 e. The summed E-state index contributed by atoms with van der Waals surface area (Å²) in [4.78, 5) is 12.1. The van der Waals surface area contributed by atoms with Crippen LogP contribution in [0.3, 0.4) is 0 Å². The maximum atomic E-state index is 9.31. The van der Waals surface area contributed by atoms with Crippen molar-refractivity contribution >= 4 is 33.3 Å². The predicted octanol–water partition coefficient (Wildman–Crippen LogP) is 4.16. The van der Waals surface area contributed by atoms with Gasteiger partial charge in [-0.2, -0.15) is 0 Å². The minimum absolute atomic E-state index is 0.278. The molecule has 1 N–H and O–H groups in total. The summed E-state index contributed by atoms with van der Waals surface area (Å²) in [5, 5.41) is 11.4. The Morgan fingerprint density at radius 2 is 1.84 bits per heavy atom. The number of hydrogen-bond donors (Lipinski definition) is 1. The third kappa shape index (κ3) is 2.31. The van der Waals surface area contributed by atoms with Crippen LogP contribution in [0.1, 0.15) is 10.4 Å². The normalized spacial score (nSPS) is 11.1. The molecular formula is C14H12N2OS2. The lowest BCUT2D eigenvalue weighted by atomic mass is 10.2. The van der Waals surface area contributed by atoms with Crippen molar-refractivity contribution < 1.29 is 5.11 Å².